The van der Waals surface area contributed by atoms with Crippen molar-refractivity contribution in [2.24, 2.45) is 0 Å². The van der Waals surface area contributed by atoms with Gasteiger partial charge in [-0.3, -0.25) is 4.79 Å². The summed E-state index contributed by atoms with van der Waals surface area (Å²) in [5.41, 5.74) is 7.02. The summed E-state index contributed by atoms with van der Waals surface area (Å²) in [4.78, 5) is 14.2. The molecule has 0 radical (unpaired) electrons. The number of carbonyl (C=O) groups excluding carboxylic acids is 1. The second kappa shape index (κ2) is 7.58. The maximum Gasteiger partial charge on any atom is 0.252 e. The number of nitrogen functional groups attached to an aromatic ring is 1. The quantitative estimate of drug-likeness (QED) is 0.602. The maximum atomic E-state index is 12.0. The molecule has 1 rings (SSSR count). The standard InChI is InChI=1S/C13H20IN3O/c1-3-17(4-2)8-7-16-13(18)11-6-5-10(15)9-12(11)14/h5-6,9H,3-4,7-8,15H2,1-2H3,(H,16,18). The van der Waals surface area contributed by atoms with Crippen molar-refractivity contribution in [1.29, 1.82) is 0 Å². The largest absolute Gasteiger partial charge is 0.399 e. The van der Waals surface area contributed by atoms with Crippen LogP contribution in [0.4, 0.5) is 5.69 Å². The van der Waals surface area contributed by atoms with Crippen molar-refractivity contribution in [3.8, 4) is 0 Å². The van der Waals surface area contributed by atoms with Crippen molar-refractivity contribution < 1.29 is 4.79 Å². The molecule has 0 bridgehead atoms. The summed E-state index contributed by atoms with van der Waals surface area (Å²) < 4.78 is 0.882. The zero-order chi connectivity index (χ0) is 13.5. The van der Waals surface area contributed by atoms with Crippen LogP contribution in [-0.2, 0) is 0 Å². The van der Waals surface area contributed by atoms with E-state index in [1.54, 1.807) is 18.2 Å². The van der Waals surface area contributed by atoms with Crippen LogP contribution in [0.15, 0.2) is 18.2 Å². The molecule has 0 aromatic heterocycles. The van der Waals surface area contributed by atoms with Crippen molar-refractivity contribution in [2.45, 2.75) is 13.8 Å². The number of rotatable bonds is 6. The Kier molecular flexibility index (Phi) is 6.42. The molecule has 0 heterocycles. The van der Waals surface area contributed by atoms with Gasteiger partial charge < -0.3 is 16.0 Å². The number of amides is 1. The molecule has 0 fully saturated rings. The van der Waals surface area contributed by atoms with Crippen molar-refractivity contribution in [2.75, 3.05) is 31.9 Å². The third kappa shape index (κ3) is 4.45. The summed E-state index contributed by atoms with van der Waals surface area (Å²) >= 11 is 2.13. The Labute approximate surface area is 122 Å². The van der Waals surface area contributed by atoms with Gasteiger partial charge >= 0.3 is 0 Å². The van der Waals surface area contributed by atoms with Gasteiger partial charge in [-0.05, 0) is 53.9 Å². The average Bonchev–Trinajstić information content (AvgIpc) is 2.34. The summed E-state index contributed by atoms with van der Waals surface area (Å²) in [7, 11) is 0. The predicted octanol–water partition coefficient (Wildman–Crippen LogP) is 1.94. The molecule has 5 heteroatoms. The van der Waals surface area contributed by atoms with Crippen molar-refractivity contribution in [3.63, 3.8) is 0 Å². The van der Waals surface area contributed by atoms with Crippen molar-refractivity contribution in [3.05, 3.63) is 27.3 Å². The van der Waals surface area contributed by atoms with Crippen LogP contribution in [0.3, 0.4) is 0 Å². The zero-order valence-electron chi connectivity index (χ0n) is 10.9. The number of nitrogens with zero attached hydrogens (tertiary/aromatic N) is 1. The number of benzene rings is 1. The minimum Gasteiger partial charge on any atom is -0.399 e. The van der Waals surface area contributed by atoms with Crippen LogP contribution in [0.1, 0.15) is 24.2 Å². The van der Waals surface area contributed by atoms with Crippen LogP contribution in [0, 0.1) is 3.57 Å². The van der Waals surface area contributed by atoms with Gasteiger partial charge in [-0.1, -0.05) is 13.8 Å². The first-order chi connectivity index (χ1) is 8.58. The minimum atomic E-state index is -0.0356. The molecule has 0 saturated heterocycles. The molecule has 0 aliphatic carbocycles. The summed E-state index contributed by atoms with van der Waals surface area (Å²) in [5, 5.41) is 2.93. The Morgan fingerprint density at radius 1 is 1.39 bits per heavy atom. The molecular weight excluding hydrogens is 341 g/mol. The van der Waals surface area contributed by atoms with E-state index in [4.69, 9.17) is 5.73 Å². The number of carbonyl (C=O) groups is 1. The molecule has 1 aromatic rings. The van der Waals surface area contributed by atoms with Crippen molar-refractivity contribution >= 4 is 34.2 Å². The lowest BCUT2D eigenvalue weighted by Crippen LogP contribution is -2.35. The van der Waals surface area contributed by atoms with Gasteiger partial charge in [0.2, 0.25) is 0 Å². The highest BCUT2D eigenvalue weighted by molar-refractivity contribution is 14.1. The number of hydrogen-bond acceptors (Lipinski definition) is 3. The first-order valence-corrected chi connectivity index (χ1v) is 7.22. The highest BCUT2D eigenvalue weighted by Crippen LogP contribution is 2.15. The zero-order valence-corrected chi connectivity index (χ0v) is 13.0. The van der Waals surface area contributed by atoms with E-state index in [-0.39, 0.29) is 5.91 Å². The van der Waals surface area contributed by atoms with Gasteiger partial charge in [-0.15, -0.1) is 0 Å². The molecule has 1 amide bonds. The summed E-state index contributed by atoms with van der Waals surface area (Å²) in [6.07, 6.45) is 0. The van der Waals surface area contributed by atoms with E-state index in [0.717, 1.165) is 23.2 Å². The Balaban J connectivity index is 2.50. The SMILES string of the molecule is CCN(CC)CCNC(=O)c1ccc(N)cc1I. The fourth-order valence-corrected chi connectivity index (χ4v) is 2.46. The van der Waals surface area contributed by atoms with Gasteiger partial charge in [0.05, 0.1) is 5.56 Å². The lowest BCUT2D eigenvalue weighted by atomic mass is 10.2. The van der Waals surface area contributed by atoms with E-state index in [0.29, 0.717) is 17.8 Å². The lowest BCUT2D eigenvalue weighted by Gasteiger charge is -2.18. The second-order valence-corrected chi connectivity index (χ2v) is 5.18. The predicted molar refractivity (Wildman–Crippen MR) is 83.7 cm³/mol. The number of nitrogens with two attached hydrogens (primary N) is 1. The van der Waals surface area contributed by atoms with Gasteiger partial charge in [0.25, 0.3) is 5.91 Å². The van der Waals surface area contributed by atoms with Crippen LogP contribution in [0.25, 0.3) is 0 Å². The third-order valence-electron chi connectivity index (χ3n) is 2.85. The number of likely N-dealkylation sites (N-methyl/N-ethyl adjacent to an activating group) is 1. The van der Waals surface area contributed by atoms with Crippen LogP contribution in [0.5, 0.6) is 0 Å². The van der Waals surface area contributed by atoms with Crippen LogP contribution in [0.2, 0.25) is 0 Å². The first kappa shape index (κ1) is 15.2. The van der Waals surface area contributed by atoms with E-state index in [9.17, 15) is 4.79 Å². The third-order valence-corrected chi connectivity index (χ3v) is 3.74. The Morgan fingerprint density at radius 2 is 2.06 bits per heavy atom. The topological polar surface area (TPSA) is 58.4 Å². The van der Waals surface area contributed by atoms with E-state index in [2.05, 4.69) is 46.7 Å². The highest BCUT2D eigenvalue weighted by Gasteiger charge is 2.09. The second-order valence-electron chi connectivity index (χ2n) is 4.02. The Morgan fingerprint density at radius 3 is 2.61 bits per heavy atom. The van der Waals surface area contributed by atoms with Gasteiger partial charge in [0.15, 0.2) is 0 Å². The molecule has 0 unspecified atom stereocenters. The molecule has 0 spiro atoms. The number of anilines is 1. The Hall–Kier alpha value is -0.820. The molecule has 0 saturated carbocycles. The van der Waals surface area contributed by atoms with E-state index < -0.39 is 0 Å². The molecule has 0 aliphatic rings. The summed E-state index contributed by atoms with van der Waals surface area (Å²) in [6.45, 7) is 7.80. The number of nitrogens with one attached hydrogen (secondary N) is 1. The molecule has 1 aromatic carbocycles. The van der Waals surface area contributed by atoms with Gasteiger partial charge in [0.1, 0.15) is 0 Å². The van der Waals surface area contributed by atoms with E-state index in [1.165, 1.54) is 0 Å². The molecule has 4 nitrogen and oxygen atoms in total. The fraction of sp³-hybridized carbons (Fsp3) is 0.462. The number of hydrogen-bond donors (Lipinski definition) is 2. The number of halogens is 1. The lowest BCUT2D eigenvalue weighted by molar-refractivity contribution is 0.0948. The monoisotopic (exact) mass is 361 g/mol. The smallest absolute Gasteiger partial charge is 0.252 e. The fourth-order valence-electron chi connectivity index (χ4n) is 1.68. The molecule has 100 valence electrons. The van der Waals surface area contributed by atoms with Crippen LogP contribution in [-0.4, -0.2) is 37.0 Å². The Bertz CT molecular complexity index is 405. The summed E-state index contributed by atoms with van der Waals surface area (Å²) in [5.74, 6) is -0.0356. The normalized spacial score (nSPS) is 10.7. The van der Waals surface area contributed by atoms with Crippen molar-refractivity contribution in [1.82, 2.24) is 10.2 Å². The van der Waals surface area contributed by atoms with Gasteiger partial charge in [0, 0.05) is 22.3 Å². The minimum absolute atomic E-state index is 0.0356. The van der Waals surface area contributed by atoms with Crippen LogP contribution >= 0.6 is 22.6 Å². The van der Waals surface area contributed by atoms with E-state index >= 15 is 0 Å². The maximum absolute atomic E-state index is 12.0. The molecule has 18 heavy (non-hydrogen) atoms. The first-order valence-electron chi connectivity index (χ1n) is 6.14. The highest BCUT2D eigenvalue weighted by atomic mass is 127. The average molecular weight is 361 g/mol. The van der Waals surface area contributed by atoms with Crippen LogP contribution < -0.4 is 11.1 Å². The molecule has 0 atom stereocenters. The molecular formula is C13H20IN3O. The van der Waals surface area contributed by atoms with E-state index in [1.807, 2.05) is 0 Å². The molecule has 3 N–H and O–H groups in total. The summed E-state index contributed by atoms with van der Waals surface area (Å²) in [6, 6.07) is 5.32. The van der Waals surface area contributed by atoms with Gasteiger partial charge in [-0.25, -0.2) is 0 Å². The molecule has 0 aliphatic heterocycles. The van der Waals surface area contributed by atoms with Gasteiger partial charge in [-0.2, -0.15) is 0 Å².